The normalized spacial score (nSPS) is 10.8. The highest BCUT2D eigenvalue weighted by Crippen LogP contribution is 2.22. The molecule has 0 unspecified atom stereocenters. The highest BCUT2D eigenvalue weighted by Gasteiger charge is 2.15. The monoisotopic (exact) mass is 338 g/mol. The summed E-state index contributed by atoms with van der Waals surface area (Å²) in [6.07, 6.45) is 3.18. The third-order valence-corrected chi connectivity index (χ3v) is 3.97. The Labute approximate surface area is 119 Å². The lowest BCUT2D eigenvalue weighted by Gasteiger charge is -2.01. The molecule has 0 N–H and O–H groups in total. The molecular formula is C11H7BrN4O2S. The van der Waals surface area contributed by atoms with Crippen molar-refractivity contribution in [1.82, 2.24) is 19.7 Å². The molecule has 0 saturated carbocycles. The van der Waals surface area contributed by atoms with Crippen molar-refractivity contribution in [3.63, 3.8) is 0 Å². The Hall–Kier alpha value is -1.80. The van der Waals surface area contributed by atoms with Gasteiger partial charge in [-0.25, -0.2) is 19.3 Å². The maximum absolute atomic E-state index is 11.7. The van der Waals surface area contributed by atoms with Crippen LogP contribution < -0.4 is 5.76 Å². The molecule has 0 radical (unpaired) electrons. The van der Waals surface area contributed by atoms with Crippen molar-refractivity contribution in [1.29, 1.82) is 0 Å². The number of hydrogen-bond donors (Lipinski definition) is 0. The van der Waals surface area contributed by atoms with Gasteiger partial charge in [0, 0.05) is 12.4 Å². The van der Waals surface area contributed by atoms with Gasteiger partial charge in [0.05, 0.1) is 10.3 Å². The number of nitrogens with zero attached hydrogens (tertiary/aromatic N) is 4. The van der Waals surface area contributed by atoms with Crippen LogP contribution in [-0.4, -0.2) is 19.7 Å². The minimum atomic E-state index is -0.523. The first-order valence-electron chi connectivity index (χ1n) is 5.31. The van der Waals surface area contributed by atoms with E-state index in [1.807, 2.05) is 11.4 Å². The van der Waals surface area contributed by atoms with Crippen molar-refractivity contribution < 1.29 is 4.52 Å². The van der Waals surface area contributed by atoms with Gasteiger partial charge in [0.25, 0.3) is 0 Å². The Kier molecular flexibility index (Phi) is 3.26. The molecule has 3 heterocycles. The fraction of sp³-hybridized carbons (Fsp3) is 0.0909. The Morgan fingerprint density at radius 1 is 1.37 bits per heavy atom. The standard InChI is InChI=1S/C11H7BrN4O2S/c12-8-4-7(6-19-8)5-16-10(15-18-11(16)17)9-13-2-1-3-14-9/h1-4,6H,5H2. The molecule has 0 spiro atoms. The number of halogens is 1. The van der Waals surface area contributed by atoms with E-state index < -0.39 is 5.76 Å². The minimum absolute atomic E-state index is 0.327. The zero-order valence-corrected chi connectivity index (χ0v) is 11.9. The molecule has 0 aliphatic heterocycles. The van der Waals surface area contributed by atoms with E-state index in [1.165, 1.54) is 4.57 Å². The molecule has 3 aromatic rings. The first kappa shape index (κ1) is 12.2. The van der Waals surface area contributed by atoms with Crippen molar-refractivity contribution in [2.24, 2.45) is 0 Å². The van der Waals surface area contributed by atoms with Crippen LogP contribution in [0.2, 0.25) is 0 Å². The van der Waals surface area contributed by atoms with E-state index in [-0.39, 0.29) is 0 Å². The summed E-state index contributed by atoms with van der Waals surface area (Å²) in [4.78, 5) is 19.8. The molecule has 3 aromatic heterocycles. The molecule has 96 valence electrons. The van der Waals surface area contributed by atoms with E-state index in [2.05, 4.69) is 31.1 Å². The maximum atomic E-state index is 11.7. The summed E-state index contributed by atoms with van der Waals surface area (Å²) in [5, 5.41) is 5.69. The van der Waals surface area contributed by atoms with E-state index in [9.17, 15) is 4.79 Å². The smallest absolute Gasteiger partial charge is 0.295 e. The maximum Gasteiger partial charge on any atom is 0.442 e. The molecule has 0 bridgehead atoms. The number of aromatic nitrogens is 4. The van der Waals surface area contributed by atoms with Crippen molar-refractivity contribution in [3.05, 3.63) is 49.8 Å². The molecule has 0 aliphatic carbocycles. The Bertz CT molecular complexity index is 749. The molecule has 0 fully saturated rings. The predicted molar refractivity (Wildman–Crippen MR) is 72.9 cm³/mol. The SMILES string of the molecule is O=c1onc(-c2ncccn2)n1Cc1csc(Br)c1. The van der Waals surface area contributed by atoms with Crippen molar-refractivity contribution in [2.75, 3.05) is 0 Å². The molecule has 0 aromatic carbocycles. The summed E-state index contributed by atoms with van der Waals surface area (Å²) < 4.78 is 7.11. The van der Waals surface area contributed by atoms with Crippen molar-refractivity contribution >= 4 is 27.3 Å². The summed E-state index contributed by atoms with van der Waals surface area (Å²) in [5.41, 5.74) is 0.986. The molecular weight excluding hydrogens is 332 g/mol. The Balaban J connectivity index is 2.02. The highest BCUT2D eigenvalue weighted by molar-refractivity contribution is 9.11. The van der Waals surface area contributed by atoms with Gasteiger partial charge < -0.3 is 0 Å². The fourth-order valence-electron chi connectivity index (χ4n) is 1.59. The quantitative estimate of drug-likeness (QED) is 0.731. The minimum Gasteiger partial charge on any atom is -0.295 e. The van der Waals surface area contributed by atoms with Gasteiger partial charge in [0.2, 0.25) is 5.82 Å². The fourth-order valence-corrected chi connectivity index (χ4v) is 2.79. The van der Waals surface area contributed by atoms with E-state index in [1.54, 1.807) is 29.8 Å². The summed E-state index contributed by atoms with van der Waals surface area (Å²) in [6, 6.07) is 3.64. The average Bonchev–Trinajstić information content (AvgIpc) is 2.99. The van der Waals surface area contributed by atoms with Gasteiger partial charge >= 0.3 is 5.76 Å². The van der Waals surface area contributed by atoms with Crippen LogP contribution in [0, 0.1) is 0 Å². The second-order valence-corrected chi connectivity index (χ2v) is 5.98. The van der Waals surface area contributed by atoms with Gasteiger partial charge in [-0.3, -0.25) is 4.52 Å². The van der Waals surface area contributed by atoms with Gasteiger partial charge in [-0.05, 0) is 39.0 Å². The molecule has 6 nitrogen and oxygen atoms in total. The lowest BCUT2D eigenvalue weighted by atomic mass is 10.3. The molecule has 0 amide bonds. The van der Waals surface area contributed by atoms with Crippen molar-refractivity contribution in [2.45, 2.75) is 6.54 Å². The third-order valence-electron chi connectivity index (χ3n) is 2.41. The van der Waals surface area contributed by atoms with Gasteiger partial charge in [-0.15, -0.1) is 11.3 Å². The number of hydrogen-bond acceptors (Lipinski definition) is 6. The second-order valence-electron chi connectivity index (χ2n) is 3.69. The molecule has 19 heavy (non-hydrogen) atoms. The molecule has 0 aliphatic rings. The van der Waals surface area contributed by atoms with Gasteiger partial charge in [0.15, 0.2) is 5.82 Å². The van der Waals surface area contributed by atoms with E-state index >= 15 is 0 Å². The van der Waals surface area contributed by atoms with Crippen LogP contribution in [0.25, 0.3) is 11.6 Å². The average molecular weight is 339 g/mol. The summed E-state index contributed by atoms with van der Waals surface area (Å²) in [7, 11) is 0. The summed E-state index contributed by atoms with van der Waals surface area (Å²) >= 11 is 4.94. The zero-order valence-electron chi connectivity index (χ0n) is 9.49. The van der Waals surface area contributed by atoms with Crippen LogP contribution in [0.5, 0.6) is 0 Å². The van der Waals surface area contributed by atoms with Gasteiger partial charge in [-0.2, -0.15) is 0 Å². The van der Waals surface area contributed by atoms with Crippen LogP contribution in [0.15, 0.2) is 43.0 Å². The largest absolute Gasteiger partial charge is 0.442 e. The van der Waals surface area contributed by atoms with Crippen LogP contribution in [-0.2, 0) is 6.54 Å². The second kappa shape index (κ2) is 5.06. The molecule has 8 heteroatoms. The van der Waals surface area contributed by atoms with Gasteiger partial charge in [-0.1, -0.05) is 5.16 Å². The van der Waals surface area contributed by atoms with E-state index in [0.29, 0.717) is 18.2 Å². The van der Waals surface area contributed by atoms with Crippen LogP contribution in [0.4, 0.5) is 0 Å². The zero-order chi connectivity index (χ0) is 13.2. The number of thiophene rings is 1. The van der Waals surface area contributed by atoms with E-state index in [4.69, 9.17) is 4.52 Å². The van der Waals surface area contributed by atoms with Crippen LogP contribution >= 0.6 is 27.3 Å². The molecule has 3 rings (SSSR count). The van der Waals surface area contributed by atoms with Crippen LogP contribution in [0.3, 0.4) is 0 Å². The summed E-state index contributed by atoms with van der Waals surface area (Å²) in [5.74, 6) is 0.167. The molecule has 0 atom stereocenters. The number of rotatable bonds is 3. The van der Waals surface area contributed by atoms with Gasteiger partial charge in [0.1, 0.15) is 0 Å². The Morgan fingerprint density at radius 2 is 2.16 bits per heavy atom. The van der Waals surface area contributed by atoms with Crippen molar-refractivity contribution in [3.8, 4) is 11.6 Å². The topological polar surface area (TPSA) is 73.8 Å². The lowest BCUT2D eigenvalue weighted by molar-refractivity contribution is 0.378. The third kappa shape index (κ3) is 2.49. The molecule has 0 saturated heterocycles. The first-order chi connectivity index (χ1) is 9.24. The highest BCUT2D eigenvalue weighted by atomic mass is 79.9. The predicted octanol–water partition coefficient (Wildman–Crippen LogP) is 2.17. The van der Waals surface area contributed by atoms with Crippen LogP contribution in [0.1, 0.15) is 5.56 Å². The lowest BCUT2D eigenvalue weighted by Crippen LogP contribution is -2.16. The first-order valence-corrected chi connectivity index (χ1v) is 6.98. The van der Waals surface area contributed by atoms with E-state index in [0.717, 1.165) is 9.35 Å². The Morgan fingerprint density at radius 3 is 2.84 bits per heavy atom. The summed E-state index contributed by atoms with van der Waals surface area (Å²) in [6.45, 7) is 0.373.